The molecular formula is C36H37BrFN3O6S. The molecule has 1 N–H and O–H groups in total. The molecule has 4 aromatic rings. The van der Waals surface area contributed by atoms with E-state index in [4.69, 9.17) is 9.47 Å². The monoisotopic (exact) mass is 737 g/mol. The minimum absolute atomic E-state index is 0.0189. The molecule has 0 radical (unpaired) electrons. The number of carbonyl (C=O) groups is 2. The van der Waals surface area contributed by atoms with Crippen LogP contribution in [0.2, 0.25) is 0 Å². The molecule has 1 aliphatic rings. The molecule has 0 aromatic heterocycles. The van der Waals surface area contributed by atoms with Crippen LogP contribution in [-0.2, 0) is 32.6 Å². The van der Waals surface area contributed by atoms with Crippen LogP contribution in [0.25, 0.3) is 0 Å². The Morgan fingerprint density at radius 2 is 1.58 bits per heavy atom. The number of fused-ring (bicyclic) bond motifs is 1. The van der Waals surface area contributed by atoms with Gasteiger partial charge in [-0.15, -0.1) is 0 Å². The topological polar surface area (TPSA) is 105 Å². The maximum Gasteiger partial charge on any atom is 0.264 e. The SMILES string of the molecule is CCC(C)NC(=O)C(Cc1ccccc1)N(Cc1cccc(Br)c1)C(=O)CN(c1ccc(F)cc1)S(=O)(=O)c1ccc2c(c1)OCCO2. The molecule has 0 fully saturated rings. The Morgan fingerprint density at radius 1 is 0.896 bits per heavy atom. The van der Waals surface area contributed by atoms with E-state index in [1.165, 1.54) is 35.2 Å². The van der Waals surface area contributed by atoms with Gasteiger partial charge in [-0.1, -0.05) is 65.3 Å². The summed E-state index contributed by atoms with van der Waals surface area (Å²) in [6.45, 7) is 3.77. The Hall–Kier alpha value is -4.42. The third-order valence-corrected chi connectivity index (χ3v) is 10.3. The minimum Gasteiger partial charge on any atom is -0.486 e. The quantitative estimate of drug-likeness (QED) is 0.178. The summed E-state index contributed by atoms with van der Waals surface area (Å²) in [6, 6.07) is 24.6. The number of nitrogens with one attached hydrogen (secondary N) is 1. The highest BCUT2D eigenvalue weighted by Gasteiger charge is 2.35. The minimum atomic E-state index is -4.42. The van der Waals surface area contributed by atoms with Crippen molar-refractivity contribution in [3.05, 3.63) is 118 Å². The summed E-state index contributed by atoms with van der Waals surface area (Å²) in [6.07, 6.45) is 0.865. The first-order chi connectivity index (χ1) is 23.0. The Balaban J connectivity index is 1.58. The lowest BCUT2D eigenvalue weighted by Crippen LogP contribution is -2.54. The number of amides is 2. The molecule has 9 nitrogen and oxygen atoms in total. The second-order valence-electron chi connectivity index (χ2n) is 11.5. The van der Waals surface area contributed by atoms with Crippen LogP contribution in [0.4, 0.5) is 10.1 Å². The second kappa shape index (κ2) is 15.7. The van der Waals surface area contributed by atoms with E-state index >= 15 is 0 Å². The van der Waals surface area contributed by atoms with E-state index in [0.29, 0.717) is 18.8 Å². The summed E-state index contributed by atoms with van der Waals surface area (Å²) in [4.78, 5) is 29.8. The van der Waals surface area contributed by atoms with Gasteiger partial charge in [-0.2, -0.15) is 0 Å². The van der Waals surface area contributed by atoms with Crippen molar-refractivity contribution in [2.24, 2.45) is 0 Å². The van der Waals surface area contributed by atoms with Crippen LogP contribution >= 0.6 is 15.9 Å². The summed E-state index contributed by atoms with van der Waals surface area (Å²) >= 11 is 3.49. The number of anilines is 1. The van der Waals surface area contributed by atoms with Gasteiger partial charge in [0.1, 0.15) is 31.6 Å². The van der Waals surface area contributed by atoms with Crippen LogP contribution in [0, 0.1) is 5.82 Å². The maximum absolute atomic E-state index is 14.6. The van der Waals surface area contributed by atoms with Crippen LogP contribution in [0.15, 0.2) is 106 Å². The number of rotatable bonds is 13. The highest BCUT2D eigenvalue weighted by atomic mass is 79.9. The maximum atomic E-state index is 14.6. The molecule has 0 bridgehead atoms. The van der Waals surface area contributed by atoms with E-state index in [2.05, 4.69) is 21.2 Å². The van der Waals surface area contributed by atoms with Gasteiger partial charge in [-0.05, 0) is 73.0 Å². The average Bonchev–Trinajstić information content (AvgIpc) is 3.09. The predicted octanol–water partition coefficient (Wildman–Crippen LogP) is 6.11. The van der Waals surface area contributed by atoms with Crippen molar-refractivity contribution in [1.29, 1.82) is 0 Å². The zero-order valence-corrected chi connectivity index (χ0v) is 29.0. The largest absolute Gasteiger partial charge is 0.486 e. The molecule has 252 valence electrons. The molecule has 5 rings (SSSR count). The van der Waals surface area contributed by atoms with Crippen LogP contribution in [0.3, 0.4) is 0 Å². The molecule has 2 amide bonds. The number of hydrogen-bond acceptors (Lipinski definition) is 6. The normalized spacial score (nSPS) is 13.7. The molecule has 48 heavy (non-hydrogen) atoms. The van der Waals surface area contributed by atoms with Crippen LogP contribution in [0.1, 0.15) is 31.4 Å². The van der Waals surface area contributed by atoms with Crippen LogP contribution in [-0.4, -0.2) is 57.0 Å². The van der Waals surface area contributed by atoms with Crippen molar-refractivity contribution >= 4 is 43.5 Å². The summed E-state index contributed by atoms with van der Waals surface area (Å²) < 4.78 is 55.6. The average molecular weight is 739 g/mol. The second-order valence-corrected chi connectivity index (χ2v) is 14.2. The van der Waals surface area contributed by atoms with Gasteiger partial charge in [-0.25, -0.2) is 12.8 Å². The zero-order chi connectivity index (χ0) is 34.3. The fraction of sp³-hybridized carbons (Fsp3) is 0.278. The van der Waals surface area contributed by atoms with Crippen molar-refractivity contribution < 1.29 is 31.9 Å². The number of hydrogen-bond donors (Lipinski definition) is 1. The van der Waals surface area contributed by atoms with Crippen molar-refractivity contribution in [3.63, 3.8) is 0 Å². The van der Waals surface area contributed by atoms with E-state index in [0.717, 1.165) is 32.0 Å². The smallest absolute Gasteiger partial charge is 0.264 e. The molecule has 1 aliphatic heterocycles. The number of benzene rings is 4. The van der Waals surface area contributed by atoms with Gasteiger partial charge in [0, 0.05) is 29.5 Å². The Morgan fingerprint density at radius 3 is 2.27 bits per heavy atom. The number of nitrogens with zero attached hydrogens (tertiary/aromatic N) is 2. The van der Waals surface area contributed by atoms with E-state index in [1.807, 2.05) is 68.4 Å². The third-order valence-electron chi connectivity index (χ3n) is 8.01. The van der Waals surface area contributed by atoms with Gasteiger partial charge < -0.3 is 19.7 Å². The Labute approximate surface area is 288 Å². The van der Waals surface area contributed by atoms with Gasteiger partial charge in [0.15, 0.2) is 11.5 Å². The van der Waals surface area contributed by atoms with E-state index in [-0.39, 0.29) is 47.9 Å². The first kappa shape index (κ1) is 34.9. The number of halogens is 2. The van der Waals surface area contributed by atoms with E-state index in [9.17, 15) is 22.4 Å². The lowest BCUT2D eigenvalue weighted by molar-refractivity contribution is -0.140. The molecule has 0 spiro atoms. The lowest BCUT2D eigenvalue weighted by atomic mass is 10.0. The predicted molar refractivity (Wildman–Crippen MR) is 185 cm³/mol. The molecule has 2 atom stereocenters. The number of sulfonamides is 1. The van der Waals surface area contributed by atoms with Gasteiger partial charge in [0.05, 0.1) is 10.6 Å². The lowest BCUT2D eigenvalue weighted by Gasteiger charge is -2.34. The third kappa shape index (κ3) is 8.53. The Bertz CT molecular complexity index is 1840. The fourth-order valence-electron chi connectivity index (χ4n) is 5.27. The zero-order valence-electron chi connectivity index (χ0n) is 26.6. The molecule has 4 aromatic carbocycles. The number of ether oxygens (including phenoxy) is 2. The van der Waals surface area contributed by atoms with Gasteiger partial charge >= 0.3 is 0 Å². The van der Waals surface area contributed by atoms with Crippen molar-refractivity contribution in [2.45, 2.75) is 50.2 Å². The van der Waals surface area contributed by atoms with Crippen molar-refractivity contribution in [1.82, 2.24) is 10.2 Å². The van der Waals surface area contributed by atoms with Gasteiger partial charge in [0.25, 0.3) is 10.0 Å². The summed E-state index contributed by atoms with van der Waals surface area (Å²) in [7, 11) is -4.42. The van der Waals surface area contributed by atoms with Crippen LogP contribution in [0.5, 0.6) is 11.5 Å². The van der Waals surface area contributed by atoms with E-state index < -0.39 is 34.3 Å². The van der Waals surface area contributed by atoms with Gasteiger partial charge in [-0.3, -0.25) is 13.9 Å². The molecule has 12 heteroatoms. The molecule has 0 saturated heterocycles. The molecule has 0 saturated carbocycles. The summed E-state index contributed by atoms with van der Waals surface area (Å²) in [5, 5.41) is 3.02. The van der Waals surface area contributed by atoms with Crippen LogP contribution < -0.4 is 19.1 Å². The standard InChI is InChI=1S/C36H37BrFN3O6S/c1-3-25(2)39-36(43)32(21-26-8-5-4-6-9-26)40(23-27-10-7-11-28(37)20-27)35(42)24-41(30-14-12-29(38)13-15-30)48(44,45)31-16-17-33-34(22-31)47-19-18-46-33/h4-17,20,22,25,32H,3,18-19,21,23-24H2,1-2H3,(H,39,43). The van der Waals surface area contributed by atoms with Gasteiger partial charge in [0.2, 0.25) is 11.8 Å². The summed E-state index contributed by atoms with van der Waals surface area (Å²) in [5.41, 5.74) is 1.63. The molecule has 1 heterocycles. The highest BCUT2D eigenvalue weighted by molar-refractivity contribution is 9.10. The van der Waals surface area contributed by atoms with Crippen molar-refractivity contribution in [3.8, 4) is 11.5 Å². The van der Waals surface area contributed by atoms with E-state index in [1.54, 1.807) is 0 Å². The molecular weight excluding hydrogens is 701 g/mol. The van der Waals surface area contributed by atoms with Crippen molar-refractivity contribution in [2.75, 3.05) is 24.1 Å². The first-order valence-electron chi connectivity index (χ1n) is 15.6. The molecule has 0 aliphatic carbocycles. The highest BCUT2D eigenvalue weighted by Crippen LogP contribution is 2.34. The fourth-order valence-corrected chi connectivity index (χ4v) is 7.15. The number of carbonyl (C=O) groups excluding carboxylic acids is 2. The first-order valence-corrected chi connectivity index (χ1v) is 17.8. The Kier molecular flexibility index (Phi) is 11.4. The summed E-state index contributed by atoms with van der Waals surface area (Å²) in [5.74, 6) is -0.891. The molecule has 2 unspecified atom stereocenters.